The minimum Gasteiger partial charge on any atom is -0.293 e. The number of hydrogen-bond donors (Lipinski definition) is 2. The Labute approximate surface area is 75.0 Å². The monoisotopic (exact) mass is 193 g/mol. The first kappa shape index (κ1) is 10.3. The van der Waals surface area contributed by atoms with Crippen molar-refractivity contribution in [3.63, 3.8) is 0 Å². The Morgan fingerprint density at radius 3 is 2.85 bits per heavy atom. The molecule has 4 nitrogen and oxygen atoms in total. The van der Waals surface area contributed by atoms with E-state index in [1.54, 1.807) is 0 Å². The van der Waals surface area contributed by atoms with Gasteiger partial charge < -0.3 is 0 Å². The maximum absolute atomic E-state index is 12.8. The van der Waals surface area contributed by atoms with Crippen LogP contribution in [0.25, 0.3) is 0 Å². The lowest BCUT2D eigenvalue weighted by Crippen LogP contribution is -2.48. The molecule has 3 N–H and O–H groups in total. The zero-order chi connectivity index (χ0) is 9.90. The molecular formula is C7H13F2N3O. The third-order valence-corrected chi connectivity index (χ3v) is 2.00. The van der Waals surface area contributed by atoms with Crippen molar-refractivity contribution in [3.8, 4) is 0 Å². The Morgan fingerprint density at radius 2 is 2.31 bits per heavy atom. The van der Waals surface area contributed by atoms with Crippen LogP contribution in [0.15, 0.2) is 0 Å². The maximum atomic E-state index is 12.8. The normalized spacial score (nSPS) is 22.7. The molecule has 0 aromatic rings. The maximum Gasteiger partial charge on any atom is 0.260 e. The summed E-state index contributed by atoms with van der Waals surface area (Å²) in [6.07, 6.45) is 0.332. The molecule has 1 aliphatic rings. The number of hydrogen-bond acceptors (Lipinski definition) is 3. The molecule has 13 heavy (non-hydrogen) atoms. The van der Waals surface area contributed by atoms with E-state index in [-0.39, 0.29) is 19.5 Å². The second kappa shape index (κ2) is 3.97. The predicted octanol–water partition coefficient (Wildman–Crippen LogP) is -0.293. The number of amides is 1. The SMILES string of the molecule is NNC(=O)CN1CCCC(F)(F)C1. The Hall–Kier alpha value is -0.750. The largest absolute Gasteiger partial charge is 0.293 e. The molecule has 0 saturated carbocycles. The van der Waals surface area contributed by atoms with Gasteiger partial charge in [0.1, 0.15) is 0 Å². The molecule has 1 amide bonds. The van der Waals surface area contributed by atoms with Crippen LogP contribution in [0.3, 0.4) is 0 Å². The van der Waals surface area contributed by atoms with Gasteiger partial charge in [-0.05, 0) is 13.0 Å². The van der Waals surface area contributed by atoms with Gasteiger partial charge in [-0.1, -0.05) is 0 Å². The molecule has 0 bridgehead atoms. The van der Waals surface area contributed by atoms with Crippen LogP contribution in [0.4, 0.5) is 8.78 Å². The minimum atomic E-state index is -2.66. The molecule has 76 valence electrons. The molecule has 0 radical (unpaired) electrons. The summed E-state index contributed by atoms with van der Waals surface area (Å²) in [6.45, 7) is 0.134. The lowest BCUT2D eigenvalue weighted by molar-refractivity contribution is -0.125. The van der Waals surface area contributed by atoms with Crippen LogP contribution in [0.5, 0.6) is 0 Å². The fourth-order valence-corrected chi connectivity index (χ4v) is 1.43. The molecule has 0 aromatic heterocycles. The summed E-state index contributed by atoms with van der Waals surface area (Å²) in [7, 11) is 0. The molecule has 0 atom stereocenters. The summed E-state index contributed by atoms with van der Waals surface area (Å²) in [5.41, 5.74) is 1.91. The van der Waals surface area contributed by atoms with E-state index in [4.69, 9.17) is 5.84 Å². The van der Waals surface area contributed by atoms with E-state index in [1.165, 1.54) is 4.90 Å². The summed E-state index contributed by atoms with van der Waals surface area (Å²) in [5, 5.41) is 0. The first-order chi connectivity index (χ1) is 6.03. The van der Waals surface area contributed by atoms with Gasteiger partial charge in [-0.3, -0.25) is 15.1 Å². The smallest absolute Gasteiger partial charge is 0.260 e. The number of alkyl halides is 2. The van der Waals surface area contributed by atoms with E-state index >= 15 is 0 Å². The number of carbonyl (C=O) groups is 1. The van der Waals surface area contributed by atoms with Crippen LogP contribution in [-0.4, -0.2) is 36.4 Å². The van der Waals surface area contributed by atoms with Crippen LogP contribution in [-0.2, 0) is 4.79 Å². The van der Waals surface area contributed by atoms with Crippen molar-refractivity contribution in [2.45, 2.75) is 18.8 Å². The van der Waals surface area contributed by atoms with Crippen LogP contribution in [0.1, 0.15) is 12.8 Å². The topological polar surface area (TPSA) is 58.4 Å². The molecule has 1 aliphatic heterocycles. The third kappa shape index (κ3) is 3.23. The third-order valence-electron chi connectivity index (χ3n) is 2.00. The van der Waals surface area contributed by atoms with Crippen molar-refractivity contribution < 1.29 is 13.6 Å². The van der Waals surface area contributed by atoms with Gasteiger partial charge in [0.25, 0.3) is 5.92 Å². The molecule has 0 aromatic carbocycles. The van der Waals surface area contributed by atoms with E-state index in [9.17, 15) is 13.6 Å². The molecule has 1 heterocycles. The number of piperidine rings is 1. The number of halogens is 2. The second-order valence-corrected chi connectivity index (χ2v) is 3.24. The van der Waals surface area contributed by atoms with Gasteiger partial charge >= 0.3 is 0 Å². The summed E-state index contributed by atoms with van der Waals surface area (Å²) in [6, 6.07) is 0. The molecule has 0 aliphatic carbocycles. The van der Waals surface area contributed by atoms with Crippen LogP contribution < -0.4 is 11.3 Å². The predicted molar refractivity (Wildman–Crippen MR) is 43.0 cm³/mol. The van der Waals surface area contributed by atoms with Gasteiger partial charge in [0, 0.05) is 6.42 Å². The highest BCUT2D eigenvalue weighted by molar-refractivity contribution is 5.77. The number of nitrogens with two attached hydrogens (primary N) is 1. The van der Waals surface area contributed by atoms with Gasteiger partial charge in [-0.25, -0.2) is 14.6 Å². The van der Waals surface area contributed by atoms with Crippen molar-refractivity contribution in [1.82, 2.24) is 10.3 Å². The molecule has 0 unspecified atom stereocenters. The fraction of sp³-hybridized carbons (Fsp3) is 0.857. The standard InChI is InChI=1S/C7H13F2N3O/c8-7(9)2-1-3-12(5-7)4-6(13)11-10/h1-5,10H2,(H,11,13). The zero-order valence-electron chi connectivity index (χ0n) is 7.22. The molecule has 1 rings (SSSR count). The number of hydrazine groups is 1. The highest BCUT2D eigenvalue weighted by Gasteiger charge is 2.35. The van der Waals surface area contributed by atoms with Crippen molar-refractivity contribution in [3.05, 3.63) is 0 Å². The van der Waals surface area contributed by atoms with Crippen LogP contribution >= 0.6 is 0 Å². The molecule has 1 fully saturated rings. The van der Waals surface area contributed by atoms with E-state index < -0.39 is 11.8 Å². The van der Waals surface area contributed by atoms with E-state index in [0.717, 1.165) is 0 Å². The summed E-state index contributed by atoms with van der Waals surface area (Å²) >= 11 is 0. The van der Waals surface area contributed by atoms with Crippen LogP contribution in [0.2, 0.25) is 0 Å². The molecule has 1 saturated heterocycles. The number of carbonyl (C=O) groups excluding carboxylic acids is 1. The highest BCUT2D eigenvalue weighted by Crippen LogP contribution is 2.25. The molecule has 6 heteroatoms. The Balaban J connectivity index is 2.39. The fourth-order valence-electron chi connectivity index (χ4n) is 1.43. The van der Waals surface area contributed by atoms with Gasteiger partial charge in [0.15, 0.2) is 0 Å². The average Bonchev–Trinajstić information content (AvgIpc) is 2.02. The van der Waals surface area contributed by atoms with Crippen LogP contribution in [0, 0.1) is 0 Å². The van der Waals surface area contributed by atoms with Crippen molar-refractivity contribution in [2.24, 2.45) is 5.84 Å². The van der Waals surface area contributed by atoms with E-state index in [1.807, 2.05) is 5.43 Å². The summed E-state index contributed by atoms with van der Waals surface area (Å²) < 4.78 is 25.6. The van der Waals surface area contributed by atoms with Gasteiger partial charge in [-0.2, -0.15) is 0 Å². The summed E-state index contributed by atoms with van der Waals surface area (Å²) in [4.78, 5) is 12.2. The van der Waals surface area contributed by atoms with E-state index in [2.05, 4.69) is 0 Å². The Morgan fingerprint density at radius 1 is 1.62 bits per heavy atom. The Bertz CT molecular complexity index is 198. The van der Waals surface area contributed by atoms with Gasteiger partial charge in [0.05, 0.1) is 13.1 Å². The molecular weight excluding hydrogens is 180 g/mol. The lowest BCUT2D eigenvalue weighted by atomic mass is 10.1. The molecule has 0 spiro atoms. The second-order valence-electron chi connectivity index (χ2n) is 3.24. The lowest BCUT2D eigenvalue weighted by Gasteiger charge is -2.31. The highest BCUT2D eigenvalue weighted by atomic mass is 19.3. The average molecular weight is 193 g/mol. The van der Waals surface area contributed by atoms with Gasteiger partial charge in [0.2, 0.25) is 5.91 Å². The number of nitrogens with zero attached hydrogens (tertiary/aromatic N) is 1. The first-order valence-corrected chi connectivity index (χ1v) is 4.13. The minimum absolute atomic E-state index is 0.0495. The van der Waals surface area contributed by atoms with E-state index in [0.29, 0.717) is 13.0 Å². The van der Waals surface area contributed by atoms with Crippen molar-refractivity contribution in [1.29, 1.82) is 0 Å². The number of likely N-dealkylation sites (tertiary alicyclic amines) is 1. The first-order valence-electron chi connectivity index (χ1n) is 4.13. The zero-order valence-corrected chi connectivity index (χ0v) is 7.22. The quantitative estimate of drug-likeness (QED) is 0.360. The van der Waals surface area contributed by atoms with Crippen molar-refractivity contribution >= 4 is 5.91 Å². The summed E-state index contributed by atoms with van der Waals surface area (Å²) in [5.74, 6) is 1.75. The Kier molecular flexibility index (Phi) is 3.16. The van der Waals surface area contributed by atoms with Gasteiger partial charge in [-0.15, -0.1) is 0 Å². The number of nitrogens with one attached hydrogen (secondary N) is 1. The van der Waals surface area contributed by atoms with Crippen molar-refractivity contribution in [2.75, 3.05) is 19.6 Å². The number of rotatable bonds is 2.